The second kappa shape index (κ2) is 8.52. The number of amides is 1. The SMILES string of the molecule is CCCn1ccnc1S[C@@H](C)C(=O)Nc1c(C)n(C)n(-c2ccccc2)c1=O. The standard InChI is InChI=1S/C20H25N5O2S/c1-5-12-24-13-11-21-20(24)28-15(3)18(26)22-17-14(2)23(4)25(19(17)27)16-9-7-6-8-10-16/h6-11,13,15H,5,12H2,1-4H3,(H,22,26)/t15-/m0/s1. The van der Waals surface area contributed by atoms with E-state index in [9.17, 15) is 9.59 Å². The Hall–Kier alpha value is -2.74. The second-order valence-corrected chi connectivity index (χ2v) is 7.90. The number of benzene rings is 1. The molecule has 1 N–H and O–H groups in total. The normalized spacial score (nSPS) is 12.1. The maximum absolute atomic E-state index is 12.9. The Morgan fingerprint density at radius 2 is 2.00 bits per heavy atom. The highest BCUT2D eigenvalue weighted by atomic mass is 32.2. The van der Waals surface area contributed by atoms with Crippen molar-refractivity contribution in [2.45, 2.75) is 44.1 Å². The van der Waals surface area contributed by atoms with Gasteiger partial charge < -0.3 is 9.88 Å². The van der Waals surface area contributed by atoms with Crippen molar-refractivity contribution in [3.63, 3.8) is 0 Å². The number of nitrogens with one attached hydrogen (secondary N) is 1. The van der Waals surface area contributed by atoms with Gasteiger partial charge in [-0.2, -0.15) is 0 Å². The van der Waals surface area contributed by atoms with Gasteiger partial charge in [-0.3, -0.25) is 14.3 Å². The first-order chi connectivity index (χ1) is 13.4. The summed E-state index contributed by atoms with van der Waals surface area (Å²) in [6, 6.07) is 9.37. The molecule has 0 radical (unpaired) electrons. The number of aromatic nitrogens is 4. The van der Waals surface area contributed by atoms with Crippen LogP contribution in [0.5, 0.6) is 0 Å². The molecule has 28 heavy (non-hydrogen) atoms. The summed E-state index contributed by atoms with van der Waals surface area (Å²) in [5, 5.41) is 3.24. The molecule has 0 bridgehead atoms. The smallest absolute Gasteiger partial charge is 0.295 e. The van der Waals surface area contributed by atoms with E-state index in [1.807, 2.05) is 54.9 Å². The molecule has 0 saturated heterocycles. The van der Waals surface area contributed by atoms with Gasteiger partial charge in [-0.1, -0.05) is 36.9 Å². The summed E-state index contributed by atoms with van der Waals surface area (Å²) in [6.45, 7) is 6.60. The molecule has 0 fully saturated rings. The van der Waals surface area contributed by atoms with Crippen molar-refractivity contribution in [2.24, 2.45) is 7.05 Å². The van der Waals surface area contributed by atoms with Crippen molar-refractivity contribution < 1.29 is 4.79 Å². The van der Waals surface area contributed by atoms with Crippen molar-refractivity contribution >= 4 is 23.4 Å². The number of hydrogen-bond acceptors (Lipinski definition) is 4. The van der Waals surface area contributed by atoms with Crippen molar-refractivity contribution in [1.82, 2.24) is 18.9 Å². The molecule has 1 amide bonds. The van der Waals surface area contributed by atoms with Crippen molar-refractivity contribution in [3.05, 3.63) is 58.8 Å². The number of hydrogen-bond donors (Lipinski definition) is 1. The van der Waals surface area contributed by atoms with E-state index in [1.165, 1.54) is 11.8 Å². The summed E-state index contributed by atoms with van der Waals surface area (Å²) < 4.78 is 5.33. The number of nitrogens with zero attached hydrogens (tertiary/aromatic N) is 4. The summed E-state index contributed by atoms with van der Waals surface area (Å²) >= 11 is 1.39. The van der Waals surface area contributed by atoms with E-state index in [1.54, 1.807) is 22.6 Å². The molecule has 7 nitrogen and oxygen atoms in total. The van der Waals surface area contributed by atoms with Crippen LogP contribution in [0.25, 0.3) is 5.69 Å². The van der Waals surface area contributed by atoms with Gasteiger partial charge in [0.05, 0.1) is 16.6 Å². The molecule has 0 saturated carbocycles. The van der Waals surface area contributed by atoms with Gasteiger partial charge in [-0.25, -0.2) is 9.67 Å². The third kappa shape index (κ3) is 3.91. The van der Waals surface area contributed by atoms with Gasteiger partial charge in [0.2, 0.25) is 5.91 Å². The first kappa shape index (κ1) is 20.0. The Morgan fingerprint density at radius 3 is 2.68 bits per heavy atom. The molecule has 148 valence electrons. The molecular weight excluding hydrogens is 374 g/mol. The average molecular weight is 400 g/mol. The molecule has 1 atom stereocenters. The summed E-state index contributed by atoms with van der Waals surface area (Å²) in [5.41, 5.74) is 1.51. The number of para-hydroxylation sites is 1. The predicted molar refractivity (Wildman–Crippen MR) is 112 cm³/mol. The van der Waals surface area contributed by atoms with Crippen LogP contribution in [0, 0.1) is 6.92 Å². The molecule has 1 aromatic carbocycles. The van der Waals surface area contributed by atoms with E-state index in [4.69, 9.17) is 0 Å². The lowest BCUT2D eigenvalue weighted by Gasteiger charge is -2.12. The average Bonchev–Trinajstić information content (AvgIpc) is 3.20. The van der Waals surface area contributed by atoms with Crippen LogP contribution >= 0.6 is 11.8 Å². The molecule has 2 aromatic heterocycles. The van der Waals surface area contributed by atoms with Gasteiger partial charge in [0, 0.05) is 26.0 Å². The molecule has 2 heterocycles. The Kier molecular flexibility index (Phi) is 6.08. The number of imidazole rings is 1. The number of anilines is 1. The highest BCUT2D eigenvalue weighted by Crippen LogP contribution is 2.23. The number of rotatable bonds is 7. The number of aryl methyl sites for hydroxylation is 1. The minimum atomic E-state index is -0.387. The van der Waals surface area contributed by atoms with Gasteiger partial charge in [0.25, 0.3) is 5.56 Å². The molecule has 3 aromatic rings. The highest BCUT2D eigenvalue weighted by molar-refractivity contribution is 8.00. The Morgan fingerprint density at radius 1 is 1.29 bits per heavy atom. The quantitative estimate of drug-likeness (QED) is 0.619. The van der Waals surface area contributed by atoms with Crippen LogP contribution in [0.15, 0.2) is 52.7 Å². The zero-order valence-corrected chi connectivity index (χ0v) is 17.4. The largest absolute Gasteiger partial charge is 0.326 e. The fraction of sp³-hybridized carbons (Fsp3) is 0.350. The van der Waals surface area contributed by atoms with Crippen molar-refractivity contribution in [2.75, 3.05) is 5.32 Å². The van der Waals surface area contributed by atoms with E-state index in [0.29, 0.717) is 11.4 Å². The van der Waals surface area contributed by atoms with E-state index in [-0.39, 0.29) is 16.7 Å². The lowest BCUT2D eigenvalue weighted by Crippen LogP contribution is -2.27. The molecule has 0 spiro atoms. The maximum atomic E-state index is 12.9. The number of carbonyl (C=O) groups is 1. The van der Waals surface area contributed by atoms with Crippen LogP contribution in [0.3, 0.4) is 0 Å². The minimum Gasteiger partial charge on any atom is -0.326 e. The molecule has 0 aliphatic carbocycles. The van der Waals surface area contributed by atoms with Gasteiger partial charge in [0.1, 0.15) is 5.69 Å². The first-order valence-corrected chi connectivity index (χ1v) is 10.1. The summed E-state index contributed by atoms with van der Waals surface area (Å²) in [5.74, 6) is -0.220. The van der Waals surface area contributed by atoms with E-state index in [2.05, 4.69) is 17.2 Å². The second-order valence-electron chi connectivity index (χ2n) is 6.59. The third-order valence-corrected chi connectivity index (χ3v) is 5.71. The molecular formula is C20H25N5O2S. The number of carbonyl (C=O) groups excluding carboxylic acids is 1. The van der Waals surface area contributed by atoms with E-state index in [0.717, 1.165) is 23.8 Å². The van der Waals surface area contributed by atoms with Gasteiger partial charge >= 0.3 is 0 Å². The Balaban J connectivity index is 1.81. The van der Waals surface area contributed by atoms with Crippen LogP contribution < -0.4 is 10.9 Å². The van der Waals surface area contributed by atoms with E-state index >= 15 is 0 Å². The van der Waals surface area contributed by atoms with Crippen LogP contribution in [0.2, 0.25) is 0 Å². The minimum absolute atomic E-state index is 0.220. The topological polar surface area (TPSA) is 73.8 Å². The zero-order chi connectivity index (χ0) is 20.3. The van der Waals surface area contributed by atoms with Crippen LogP contribution in [-0.4, -0.2) is 30.1 Å². The summed E-state index contributed by atoms with van der Waals surface area (Å²) in [4.78, 5) is 30.0. The Labute approximate surface area is 168 Å². The van der Waals surface area contributed by atoms with Crippen molar-refractivity contribution in [3.8, 4) is 5.69 Å². The molecule has 3 rings (SSSR count). The maximum Gasteiger partial charge on any atom is 0.295 e. The fourth-order valence-electron chi connectivity index (χ4n) is 2.97. The first-order valence-electron chi connectivity index (χ1n) is 9.26. The zero-order valence-electron chi connectivity index (χ0n) is 16.5. The summed E-state index contributed by atoms with van der Waals surface area (Å²) in [6.07, 6.45) is 4.64. The van der Waals surface area contributed by atoms with Crippen LogP contribution in [0.1, 0.15) is 26.0 Å². The predicted octanol–water partition coefficient (Wildman–Crippen LogP) is 3.21. The van der Waals surface area contributed by atoms with E-state index < -0.39 is 0 Å². The molecule has 0 aliphatic heterocycles. The summed E-state index contributed by atoms with van der Waals surface area (Å²) in [7, 11) is 1.80. The molecule has 8 heteroatoms. The monoisotopic (exact) mass is 399 g/mol. The third-order valence-electron chi connectivity index (χ3n) is 4.60. The lowest BCUT2D eigenvalue weighted by molar-refractivity contribution is -0.115. The van der Waals surface area contributed by atoms with Gasteiger partial charge in [-0.05, 0) is 32.4 Å². The molecule has 0 unspecified atom stereocenters. The van der Waals surface area contributed by atoms with Gasteiger partial charge in [-0.15, -0.1) is 0 Å². The van der Waals surface area contributed by atoms with Gasteiger partial charge in [0.15, 0.2) is 5.16 Å². The molecule has 0 aliphatic rings. The van der Waals surface area contributed by atoms with Crippen LogP contribution in [0.4, 0.5) is 5.69 Å². The lowest BCUT2D eigenvalue weighted by atomic mass is 10.3. The van der Waals surface area contributed by atoms with Crippen LogP contribution in [-0.2, 0) is 18.4 Å². The highest BCUT2D eigenvalue weighted by Gasteiger charge is 2.22. The van der Waals surface area contributed by atoms with Crippen molar-refractivity contribution in [1.29, 1.82) is 0 Å². The number of thioether (sulfide) groups is 1. The Bertz CT molecular complexity index is 1020. The fourth-order valence-corrected chi connectivity index (χ4v) is 3.86.